The van der Waals surface area contributed by atoms with Crippen LogP contribution < -0.4 is 11.1 Å². The van der Waals surface area contributed by atoms with E-state index in [2.05, 4.69) is 10.3 Å². The van der Waals surface area contributed by atoms with Crippen molar-refractivity contribution in [2.24, 2.45) is 10.7 Å². The summed E-state index contributed by atoms with van der Waals surface area (Å²) in [5.74, 6) is -0.257. The van der Waals surface area contributed by atoms with Gasteiger partial charge in [-0.2, -0.15) is 0 Å². The summed E-state index contributed by atoms with van der Waals surface area (Å²) in [5, 5.41) is 3.09. The van der Waals surface area contributed by atoms with Crippen LogP contribution in [0.25, 0.3) is 0 Å². The molecule has 0 spiro atoms. The average Bonchev–Trinajstić information content (AvgIpc) is 2.64. The third-order valence-electron chi connectivity index (χ3n) is 1.98. The van der Waals surface area contributed by atoms with Crippen LogP contribution in [0.3, 0.4) is 0 Å². The van der Waals surface area contributed by atoms with Crippen molar-refractivity contribution < 1.29 is 9.59 Å². The molecule has 1 aromatic rings. The molecule has 2 rings (SSSR count). The molecule has 0 aromatic heterocycles. The van der Waals surface area contributed by atoms with Gasteiger partial charge in [0, 0.05) is 0 Å². The number of hydrogen-bond donors (Lipinski definition) is 2. The summed E-state index contributed by atoms with van der Waals surface area (Å²) >= 11 is 1.30. The monoisotopic (exact) mass is 235 g/mol. The number of thioether (sulfide) groups is 1. The summed E-state index contributed by atoms with van der Waals surface area (Å²) in [7, 11) is 0. The number of nitrogens with one attached hydrogen (secondary N) is 1. The van der Waals surface area contributed by atoms with Crippen LogP contribution in [-0.4, -0.2) is 22.7 Å². The summed E-state index contributed by atoms with van der Waals surface area (Å²) in [5.41, 5.74) is 6.03. The lowest BCUT2D eigenvalue weighted by Gasteiger charge is -2.01. The van der Waals surface area contributed by atoms with Gasteiger partial charge in [0.25, 0.3) is 5.91 Å². The number of carbonyl (C=O) groups excluding carboxylic acids is 2. The van der Waals surface area contributed by atoms with Gasteiger partial charge in [0.2, 0.25) is 5.91 Å². The van der Waals surface area contributed by atoms with Gasteiger partial charge in [0.05, 0.1) is 17.0 Å². The number of carbonyl (C=O) groups is 2. The van der Waals surface area contributed by atoms with Gasteiger partial charge in [-0.25, -0.2) is 4.99 Å². The molecule has 16 heavy (non-hydrogen) atoms. The average molecular weight is 235 g/mol. The number of nitrogens with two attached hydrogens (primary N) is 1. The van der Waals surface area contributed by atoms with E-state index in [0.717, 1.165) is 0 Å². The Morgan fingerprint density at radius 2 is 2.19 bits per heavy atom. The number of amidine groups is 1. The van der Waals surface area contributed by atoms with Crippen molar-refractivity contribution >= 4 is 34.4 Å². The van der Waals surface area contributed by atoms with E-state index in [9.17, 15) is 9.59 Å². The predicted molar refractivity (Wildman–Crippen MR) is 62.7 cm³/mol. The zero-order chi connectivity index (χ0) is 11.5. The van der Waals surface area contributed by atoms with Crippen molar-refractivity contribution in [2.45, 2.75) is 0 Å². The van der Waals surface area contributed by atoms with Gasteiger partial charge in [-0.05, 0) is 12.1 Å². The maximum Gasteiger partial charge on any atom is 0.250 e. The number of aliphatic imine (C=N–C) groups is 1. The highest BCUT2D eigenvalue weighted by Crippen LogP contribution is 2.21. The Morgan fingerprint density at radius 1 is 1.44 bits per heavy atom. The lowest BCUT2D eigenvalue weighted by molar-refractivity contribution is -0.116. The van der Waals surface area contributed by atoms with Crippen LogP contribution in [0.2, 0.25) is 0 Å². The van der Waals surface area contributed by atoms with Crippen molar-refractivity contribution in [1.82, 2.24) is 5.32 Å². The number of para-hydroxylation sites is 1. The molecule has 0 bridgehead atoms. The van der Waals surface area contributed by atoms with E-state index in [1.54, 1.807) is 24.3 Å². The maximum absolute atomic E-state index is 11.1. The fourth-order valence-corrected chi connectivity index (χ4v) is 1.96. The van der Waals surface area contributed by atoms with Gasteiger partial charge in [-0.3, -0.25) is 9.59 Å². The zero-order valence-corrected chi connectivity index (χ0v) is 9.08. The molecule has 1 fully saturated rings. The molecule has 0 unspecified atom stereocenters. The molecule has 0 atom stereocenters. The number of amides is 2. The standard InChI is InChI=1S/C10H9N3O2S/c11-9(15)6-3-1-2-4-7(6)12-10-13-8(14)5-16-10/h1-4H,5H2,(H2,11,15)(H,12,13,14). The van der Waals surface area contributed by atoms with E-state index in [4.69, 9.17) is 5.73 Å². The molecular weight excluding hydrogens is 226 g/mol. The first-order valence-corrected chi connectivity index (χ1v) is 5.55. The van der Waals surface area contributed by atoms with Crippen LogP contribution in [0.15, 0.2) is 29.3 Å². The molecule has 1 heterocycles. The predicted octanol–water partition coefficient (Wildman–Crippen LogP) is 0.636. The zero-order valence-electron chi connectivity index (χ0n) is 8.27. The summed E-state index contributed by atoms with van der Waals surface area (Å²) in [4.78, 5) is 26.3. The van der Waals surface area contributed by atoms with Gasteiger partial charge >= 0.3 is 0 Å². The van der Waals surface area contributed by atoms with Crippen molar-refractivity contribution in [3.05, 3.63) is 29.8 Å². The van der Waals surface area contributed by atoms with Gasteiger partial charge < -0.3 is 11.1 Å². The third kappa shape index (κ3) is 2.22. The number of nitrogens with zero attached hydrogens (tertiary/aromatic N) is 1. The van der Waals surface area contributed by atoms with Gasteiger partial charge in [-0.15, -0.1) is 0 Å². The largest absolute Gasteiger partial charge is 0.366 e. The first kappa shape index (κ1) is 10.7. The molecule has 1 aliphatic rings. The summed E-state index contributed by atoms with van der Waals surface area (Å²) in [6, 6.07) is 6.75. The minimum atomic E-state index is -0.533. The van der Waals surface area contributed by atoms with Crippen LogP contribution in [0, 0.1) is 0 Å². The Hall–Kier alpha value is -1.82. The van der Waals surface area contributed by atoms with E-state index < -0.39 is 5.91 Å². The van der Waals surface area contributed by atoms with E-state index in [1.807, 2.05) is 0 Å². The van der Waals surface area contributed by atoms with Crippen LogP contribution in [0.1, 0.15) is 10.4 Å². The normalized spacial score (nSPS) is 17.5. The van der Waals surface area contributed by atoms with Crippen molar-refractivity contribution in [3.8, 4) is 0 Å². The second-order valence-electron chi connectivity index (χ2n) is 3.14. The lowest BCUT2D eigenvalue weighted by Crippen LogP contribution is -2.20. The highest BCUT2D eigenvalue weighted by Gasteiger charge is 2.17. The van der Waals surface area contributed by atoms with Gasteiger partial charge in [0.15, 0.2) is 5.17 Å². The quantitative estimate of drug-likeness (QED) is 0.788. The summed E-state index contributed by atoms with van der Waals surface area (Å²) in [6.07, 6.45) is 0. The van der Waals surface area contributed by atoms with Crippen LogP contribution in [-0.2, 0) is 4.79 Å². The first-order valence-electron chi connectivity index (χ1n) is 4.57. The molecule has 5 nitrogen and oxygen atoms in total. The maximum atomic E-state index is 11.1. The number of hydrogen-bond acceptors (Lipinski definition) is 4. The Kier molecular flexibility index (Phi) is 2.91. The number of rotatable bonds is 2. The van der Waals surface area contributed by atoms with Gasteiger partial charge in [0.1, 0.15) is 0 Å². The first-order chi connectivity index (χ1) is 7.66. The van der Waals surface area contributed by atoms with E-state index in [0.29, 0.717) is 22.2 Å². The fraction of sp³-hybridized carbons (Fsp3) is 0.100. The van der Waals surface area contributed by atoms with Crippen LogP contribution in [0.5, 0.6) is 0 Å². The number of primary amides is 1. The molecule has 1 aliphatic heterocycles. The second kappa shape index (κ2) is 4.36. The summed E-state index contributed by atoms with van der Waals surface area (Å²) in [6.45, 7) is 0. The fourth-order valence-electron chi connectivity index (χ4n) is 1.27. The molecule has 3 N–H and O–H groups in total. The van der Waals surface area contributed by atoms with Crippen molar-refractivity contribution in [3.63, 3.8) is 0 Å². The van der Waals surface area contributed by atoms with Gasteiger partial charge in [-0.1, -0.05) is 23.9 Å². The minimum Gasteiger partial charge on any atom is -0.366 e. The molecule has 82 valence electrons. The molecular formula is C10H9N3O2S. The smallest absolute Gasteiger partial charge is 0.250 e. The molecule has 0 radical (unpaired) electrons. The third-order valence-corrected chi connectivity index (χ3v) is 2.85. The van der Waals surface area contributed by atoms with Crippen molar-refractivity contribution in [1.29, 1.82) is 0 Å². The van der Waals surface area contributed by atoms with E-state index in [1.165, 1.54) is 11.8 Å². The van der Waals surface area contributed by atoms with E-state index >= 15 is 0 Å². The molecule has 0 aliphatic carbocycles. The Labute approximate surface area is 96.1 Å². The van der Waals surface area contributed by atoms with Crippen LogP contribution >= 0.6 is 11.8 Å². The van der Waals surface area contributed by atoms with Crippen molar-refractivity contribution in [2.75, 3.05) is 5.75 Å². The van der Waals surface area contributed by atoms with E-state index in [-0.39, 0.29) is 5.91 Å². The molecule has 2 amide bonds. The number of benzene rings is 1. The molecule has 1 aromatic carbocycles. The van der Waals surface area contributed by atoms with Crippen LogP contribution in [0.4, 0.5) is 5.69 Å². The highest BCUT2D eigenvalue weighted by molar-refractivity contribution is 8.15. The minimum absolute atomic E-state index is 0.0830. The molecule has 1 saturated heterocycles. The highest BCUT2D eigenvalue weighted by atomic mass is 32.2. The molecule has 0 saturated carbocycles. The summed E-state index contributed by atoms with van der Waals surface area (Å²) < 4.78 is 0. The Balaban J connectivity index is 2.34. The lowest BCUT2D eigenvalue weighted by atomic mass is 10.2. The SMILES string of the molecule is NC(=O)c1ccccc1N=C1NC(=O)CS1. The molecule has 6 heteroatoms. The second-order valence-corrected chi connectivity index (χ2v) is 4.10. The topological polar surface area (TPSA) is 84.6 Å². The Morgan fingerprint density at radius 3 is 2.81 bits per heavy atom. The Bertz CT molecular complexity index is 485.